The van der Waals surface area contributed by atoms with Crippen molar-refractivity contribution in [2.24, 2.45) is 0 Å². The molecule has 2 N–H and O–H groups in total. The molecule has 3 rings (SSSR count). The number of nitrogens with zero attached hydrogens (tertiary/aromatic N) is 2. The van der Waals surface area contributed by atoms with E-state index in [9.17, 15) is 21.6 Å². The lowest BCUT2D eigenvalue weighted by molar-refractivity contribution is -0.274. The van der Waals surface area contributed by atoms with Gasteiger partial charge >= 0.3 is 6.36 Å². The summed E-state index contributed by atoms with van der Waals surface area (Å²) >= 11 is 0. The van der Waals surface area contributed by atoms with Crippen molar-refractivity contribution < 1.29 is 26.3 Å². The number of sulfonamides is 1. The smallest absolute Gasteiger partial charge is 0.406 e. The van der Waals surface area contributed by atoms with Gasteiger partial charge in [0.25, 0.3) is 0 Å². The number of hydrogen-bond acceptors (Lipinski definition) is 5. The average Bonchev–Trinajstić information content (AvgIpc) is 2.95. The predicted molar refractivity (Wildman–Crippen MR) is 88.3 cm³/mol. The molecule has 0 unspecified atom stereocenters. The standard InChI is InChI=1S/C14H15F3N4O3S.ClH/c15-14(16,17)24-12-1-3-13(4-2-12)25(22,23)19-8-10-7-11-9-18-5-6-21(11)20-10;/h1-4,7,18-19H,5-6,8-9H2;1H. The summed E-state index contributed by atoms with van der Waals surface area (Å²) in [5.41, 5.74) is 1.54. The highest BCUT2D eigenvalue weighted by Gasteiger charge is 2.31. The molecule has 12 heteroatoms. The lowest BCUT2D eigenvalue weighted by Gasteiger charge is -2.13. The highest BCUT2D eigenvalue weighted by molar-refractivity contribution is 7.89. The minimum atomic E-state index is -4.83. The van der Waals surface area contributed by atoms with Gasteiger partial charge in [-0.1, -0.05) is 0 Å². The van der Waals surface area contributed by atoms with E-state index in [0.29, 0.717) is 18.8 Å². The third-order valence-electron chi connectivity index (χ3n) is 3.53. The summed E-state index contributed by atoms with van der Waals surface area (Å²) in [4.78, 5) is -0.160. The lowest BCUT2D eigenvalue weighted by atomic mass is 10.3. The average molecular weight is 413 g/mol. The fraction of sp³-hybridized carbons (Fsp3) is 0.357. The normalized spacial score (nSPS) is 14.4. The summed E-state index contributed by atoms with van der Waals surface area (Å²) in [7, 11) is -3.87. The van der Waals surface area contributed by atoms with Gasteiger partial charge in [0, 0.05) is 13.1 Å². The highest BCUT2D eigenvalue weighted by Crippen LogP contribution is 2.23. The van der Waals surface area contributed by atoms with Crippen molar-refractivity contribution >= 4 is 22.4 Å². The van der Waals surface area contributed by atoms with Gasteiger partial charge in [0.05, 0.1) is 29.4 Å². The number of aromatic nitrogens is 2. The molecule has 0 fully saturated rings. The number of halogens is 4. The van der Waals surface area contributed by atoms with Crippen LogP contribution in [0.5, 0.6) is 5.75 Å². The van der Waals surface area contributed by atoms with Crippen LogP contribution in [0.2, 0.25) is 0 Å². The topological polar surface area (TPSA) is 85.2 Å². The van der Waals surface area contributed by atoms with E-state index < -0.39 is 22.1 Å². The number of benzene rings is 1. The van der Waals surface area contributed by atoms with Crippen molar-refractivity contribution in [2.75, 3.05) is 6.54 Å². The number of nitrogens with one attached hydrogen (secondary N) is 2. The second-order valence-corrected chi connectivity index (χ2v) is 7.14. The van der Waals surface area contributed by atoms with Gasteiger partial charge in [-0.25, -0.2) is 13.1 Å². The van der Waals surface area contributed by atoms with Crippen LogP contribution in [0.15, 0.2) is 35.2 Å². The number of hydrogen-bond donors (Lipinski definition) is 2. The van der Waals surface area contributed by atoms with Crippen LogP contribution in [-0.2, 0) is 29.7 Å². The maximum Gasteiger partial charge on any atom is 0.573 e. The van der Waals surface area contributed by atoms with Gasteiger partial charge in [0.15, 0.2) is 0 Å². The molecule has 0 bridgehead atoms. The zero-order chi connectivity index (χ0) is 18.1. The monoisotopic (exact) mass is 412 g/mol. The molecule has 26 heavy (non-hydrogen) atoms. The number of rotatable bonds is 5. The second kappa shape index (κ2) is 7.82. The van der Waals surface area contributed by atoms with Crippen LogP contribution < -0.4 is 14.8 Å². The van der Waals surface area contributed by atoms with Gasteiger partial charge in [-0.05, 0) is 30.3 Å². The SMILES string of the molecule is Cl.O=S(=O)(NCc1cc2n(n1)CCNC2)c1ccc(OC(F)(F)F)cc1. The van der Waals surface area contributed by atoms with Crippen molar-refractivity contribution in [1.29, 1.82) is 0 Å². The first-order valence-electron chi connectivity index (χ1n) is 7.35. The van der Waals surface area contributed by atoms with E-state index in [1.54, 1.807) is 6.07 Å². The molecule has 1 aliphatic rings. The van der Waals surface area contributed by atoms with Gasteiger partial charge in [0.1, 0.15) is 5.75 Å². The van der Waals surface area contributed by atoms with Crippen LogP contribution in [-0.4, -0.2) is 31.1 Å². The van der Waals surface area contributed by atoms with Gasteiger partial charge in [0.2, 0.25) is 10.0 Å². The molecule has 1 aromatic heterocycles. The van der Waals surface area contributed by atoms with Crippen LogP contribution in [0, 0.1) is 0 Å². The molecule has 0 amide bonds. The molecule has 7 nitrogen and oxygen atoms in total. The third kappa shape index (κ3) is 5.10. The van der Waals surface area contributed by atoms with E-state index in [2.05, 4.69) is 19.9 Å². The van der Waals surface area contributed by atoms with E-state index in [-0.39, 0.29) is 23.8 Å². The Morgan fingerprint density at radius 2 is 1.96 bits per heavy atom. The zero-order valence-corrected chi connectivity index (χ0v) is 14.9. The Morgan fingerprint density at radius 1 is 1.27 bits per heavy atom. The van der Waals surface area contributed by atoms with Crippen LogP contribution in [0.3, 0.4) is 0 Å². The number of fused-ring (bicyclic) bond motifs is 1. The summed E-state index contributed by atoms with van der Waals surface area (Å²) in [6.45, 7) is 2.17. The van der Waals surface area contributed by atoms with Crippen molar-refractivity contribution in [3.05, 3.63) is 41.7 Å². The molecule has 1 aromatic carbocycles. The van der Waals surface area contributed by atoms with E-state index in [1.807, 2.05) is 4.68 Å². The summed E-state index contributed by atoms with van der Waals surface area (Å²) in [6.07, 6.45) is -4.83. The highest BCUT2D eigenvalue weighted by atomic mass is 35.5. The van der Waals surface area contributed by atoms with Crippen LogP contribution in [0.25, 0.3) is 0 Å². The predicted octanol–water partition coefficient (Wildman–Crippen LogP) is 1.79. The Balaban J connectivity index is 0.00000243. The Hall–Kier alpha value is -1.82. The van der Waals surface area contributed by atoms with Crippen molar-refractivity contribution in [1.82, 2.24) is 19.8 Å². The van der Waals surface area contributed by atoms with Crippen molar-refractivity contribution in [3.63, 3.8) is 0 Å². The molecule has 2 heterocycles. The first-order valence-corrected chi connectivity index (χ1v) is 8.83. The van der Waals surface area contributed by atoms with Gasteiger partial charge in [-0.3, -0.25) is 4.68 Å². The minimum absolute atomic E-state index is 0. The minimum Gasteiger partial charge on any atom is -0.406 e. The Labute approximate surface area is 154 Å². The Bertz CT molecular complexity index is 830. The van der Waals surface area contributed by atoms with Gasteiger partial charge in [-0.2, -0.15) is 5.10 Å². The number of ether oxygens (including phenoxy) is 1. The molecule has 2 aromatic rings. The maximum atomic E-state index is 12.2. The Morgan fingerprint density at radius 3 is 2.58 bits per heavy atom. The molecule has 0 spiro atoms. The van der Waals surface area contributed by atoms with Crippen LogP contribution in [0.4, 0.5) is 13.2 Å². The fourth-order valence-corrected chi connectivity index (χ4v) is 3.41. The molecule has 0 radical (unpaired) electrons. The maximum absolute atomic E-state index is 12.2. The Kier molecular flexibility index (Phi) is 6.17. The van der Waals surface area contributed by atoms with E-state index in [4.69, 9.17) is 0 Å². The zero-order valence-electron chi connectivity index (χ0n) is 13.3. The summed E-state index contributed by atoms with van der Waals surface area (Å²) in [5.74, 6) is -0.485. The molecule has 0 saturated heterocycles. The fourth-order valence-electron chi connectivity index (χ4n) is 2.41. The number of alkyl halides is 3. The van der Waals surface area contributed by atoms with E-state index >= 15 is 0 Å². The molecule has 144 valence electrons. The summed E-state index contributed by atoms with van der Waals surface area (Å²) < 4.78 is 68.7. The van der Waals surface area contributed by atoms with Gasteiger partial charge in [-0.15, -0.1) is 25.6 Å². The summed E-state index contributed by atoms with van der Waals surface area (Å²) in [6, 6.07) is 5.79. The molecule has 0 atom stereocenters. The molecular weight excluding hydrogens is 397 g/mol. The molecule has 0 aliphatic carbocycles. The first kappa shape index (κ1) is 20.5. The summed E-state index contributed by atoms with van der Waals surface area (Å²) in [5, 5.41) is 7.49. The van der Waals surface area contributed by atoms with Gasteiger partial charge < -0.3 is 10.1 Å². The first-order chi connectivity index (χ1) is 11.7. The molecule has 1 aliphatic heterocycles. The van der Waals surface area contributed by atoms with E-state index in [0.717, 1.165) is 36.5 Å². The van der Waals surface area contributed by atoms with Crippen molar-refractivity contribution in [3.8, 4) is 5.75 Å². The quantitative estimate of drug-likeness (QED) is 0.782. The molecule has 0 saturated carbocycles. The van der Waals surface area contributed by atoms with Crippen LogP contribution >= 0.6 is 12.4 Å². The lowest BCUT2D eigenvalue weighted by Crippen LogP contribution is -2.28. The van der Waals surface area contributed by atoms with Crippen LogP contribution in [0.1, 0.15) is 11.4 Å². The largest absolute Gasteiger partial charge is 0.573 e. The van der Waals surface area contributed by atoms with E-state index in [1.165, 1.54) is 0 Å². The third-order valence-corrected chi connectivity index (χ3v) is 4.95. The van der Waals surface area contributed by atoms with Crippen molar-refractivity contribution in [2.45, 2.75) is 30.9 Å². The second-order valence-electron chi connectivity index (χ2n) is 5.37. The molecular formula is C14H16ClF3N4O3S.